The molecule has 1 aliphatic carbocycles. The van der Waals surface area contributed by atoms with E-state index in [1.807, 2.05) is 66.4 Å². The van der Waals surface area contributed by atoms with Gasteiger partial charge in [-0.15, -0.1) is 0 Å². The number of aromatic nitrogens is 2. The van der Waals surface area contributed by atoms with Crippen molar-refractivity contribution in [1.82, 2.24) is 14.7 Å². The van der Waals surface area contributed by atoms with Crippen molar-refractivity contribution >= 4 is 5.91 Å². The third-order valence-electron chi connectivity index (χ3n) is 5.72. The first kappa shape index (κ1) is 20.9. The monoisotopic (exact) mass is 443 g/mol. The number of carbonyl (C=O) groups is 1. The summed E-state index contributed by atoms with van der Waals surface area (Å²) in [6.07, 6.45) is 3.48. The third-order valence-corrected chi connectivity index (χ3v) is 5.72. The number of furan rings is 1. The van der Waals surface area contributed by atoms with E-state index in [0.29, 0.717) is 23.9 Å². The number of nitrogens with zero attached hydrogens (tertiary/aromatic N) is 3. The van der Waals surface area contributed by atoms with Crippen molar-refractivity contribution in [3.63, 3.8) is 0 Å². The molecule has 0 unspecified atom stereocenters. The summed E-state index contributed by atoms with van der Waals surface area (Å²) in [5.74, 6) is 2.21. The zero-order valence-corrected chi connectivity index (χ0v) is 18.6. The number of carbonyl (C=O) groups excluding carboxylic acids is 1. The molecule has 4 aromatic rings. The van der Waals surface area contributed by atoms with E-state index in [2.05, 4.69) is 0 Å². The minimum absolute atomic E-state index is 0.121. The molecular formula is C26H25N3O4. The van der Waals surface area contributed by atoms with Crippen molar-refractivity contribution in [2.75, 3.05) is 7.11 Å². The highest BCUT2D eigenvalue weighted by Gasteiger charge is 2.36. The Bertz CT molecular complexity index is 1230. The first-order valence-electron chi connectivity index (χ1n) is 10.9. The van der Waals surface area contributed by atoms with Gasteiger partial charge in [0.1, 0.15) is 11.5 Å². The molecule has 33 heavy (non-hydrogen) atoms. The molecule has 2 heterocycles. The molecule has 1 fully saturated rings. The summed E-state index contributed by atoms with van der Waals surface area (Å²) in [7, 11) is 1.63. The molecule has 0 radical (unpaired) electrons. The van der Waals surface area contributed by atoms with Gasteiger partial charge in [0.2, 0.25) is 5.88 Å². The quantitative estimate of drug-likeness (QED) is 0.366. The standard InChI is InChI=1S/C26H25N3O4/c1-18-23(17-28(19-10-11-19)25(30)24-9-6-16-32-24)26(29(27-18)20-7-4-3-5-8-20)33-22-14-12-21(31-2)13-15-22/h3-9,12-16,19H,10-11,17H2,1-2H3. The lowest BCUT2D eigenvalue weighted by atomic mass is 10.2. The molecule has 2 aromatic heterocycles. The van der Waals surface area contributed by atoms with Crippen molar-refractivity contribution in [1.29, 1.82) is 0 Å². The lowest BCUT2D eigenvalue weighted by molar-refractivity contribution is 0.0696. The number of benzene rings is 2. The second kappa shape index (κ2) is 8.86. The predicted molar refractivity (Wildman–Crippen MR) is 123 cm³/mol. The van der Waals surface area contributed by atoms with E-state index >= 15 is 0 Å². The Morgan fingerprint density at radius 3 is 2.42 bits per heavy atom. The molecule has 0 N–H and O–H groups in total. The van der Waals surface area contributed by atoms with E-state index in [4.69, 9.17) is 19.0 Å². The van der Waals surface area contributed by atoms with Crippen LogP contribution in [0.5, 0.6) is 17.4 Å². The highest BCUT2D eigenvalue weighted by molar-refractivity contribution is 5.91. The Kier molecular flexibility index (Phi) is 5.60. The first-order chi connectivity index (χ1) is 16.1. The van der Waals surface area contributed by atoms with Crippen LogP contribution in [0, 0.1) is 6.92 Å². The molecule has 2 aromatic carbocycles. The zero-order valence-electron chi connectivity index (χ0n) is 18.6. The van der Waals surface area contributed by atoms with E-state index in [-0.39, 0.29) is 11.9 Å². The van der Waals surface area contributed by atoms with Crippen molar-refractivity contribution in [3.8, 4) is 23.1 Å². The van der Waals surface area contributed by atoms with Crippen molar-refractivity contribution < 1.29 is 18.7 Å². The lowest BCUT2D eigenvalue weighted by Crippen LogP contribution is -2.32. The predicted octanol–water partition coefficient (Wildman–Crippen LogP) is 5.38. The Labute approximate surface area is 192 Å². The SMILES string of the molecule is COc1ccc(Oc2c(CN(C(=O)c3ccco3)C3CC3)c(C)nn2-c2ccccc2)cc1. The second-order valence-electron chi connectivity index (χ2n) is 8.04. The van der Waals surface area contributed by atoms with Gasteiger partial charge in [0.05, 0.1) is 36.9 Å². The topological polar surface area (TPSA) is 69.7 Å². The minimum atomic E-state index is -0.121. The van der Waals surface area contributed by atoms with Crippen LogP contribution in [0.1, 0.15) is 34.7 Å². The molecule has 7 heteroatoms. The van der Waals surface area contributed by atoms with E-state index in [1.165, 1.54) is 6.26 Å². The molecule has 7 nitrogen and oxygen atoms in total. The number of aryl methyl sites for hydroxylation is 1. The molecule has 1 saturated carbocycles. The fourth-order valence-corrected chi connectivity index (χ4v) is 3.79. The Hall–Kier alpha value is -4.00. The lowest BCUT2D eigenvalue weighted by Gasteiger charge is -2.22. The van der Waals surface area contributed by atoms with Crippen molar-refractivity contribution in [2.24, 2.45) is 0 Å². The molecule has 0 bridgehead atoms. The summed E-state index contributed by atoms with van der Waals surface area (Å²) >= 11 is 0. The molecule has 0 spiro atoms. The van der Waals surface area contributed by atoms with Gasteiger partial charge in [-0.1, -0.05) is 18.2 Å². The fraction of sp³-hybridized carbons (Fsp3) is 0.231. The average Bonchev–Trinajstić information content (AvgIpc) is 3.44. The van der Waals surface area contributed by atoms with Crippen LogP contribution in [0.25, 0.3) is 5.69 Å². The highest BCUT2D eigenvalue weighted by atomic mass is 16.5. The van der Waals surface area contributed by atoms with Gasteiger partial charge in [0.25, 0.3) is 5.91 Å². The summed E-state index contributed by atoms with van der Waals surface area (Å²) in [6, 6.07) is 20.9. The van der Waals surface area contributed by atoms with Gasteiger partial charge in [-0.25, -0.2) is 4.68 Å². The Balaban J connectivity index is 1.54. The molecule has 1 aliphatic rings. The van der Waals surface area contributed by atoms with Gasteiger partial charge in [0.15, 0.2) is 5.76 Å². The van der Waals surface area contributed by atoms with E-state index in [0.717, 1.165) is 35.5 Å². The number of ether oxygens (including phenoxy) is 2. The summed E-state index contributed by atoms with van der Waals surface area (Å²) in [5, 5.41) is 4.77. The number of rotatable bonds is 8. The van der Waals surface area contributed by atoms with Gasteiger partial charge >= 0.3 is 0 Å². The largest absolute Gasteiger partial charge is 0.497 e. The molecule has 0 saturated heterocycles. The van der Waals surface area contributed by atoms with Crippen LogP contribution >= 0.6 is 0 Å². The van der Waals surface area contributed by atoms with Crippen LogP contribution < -0.4 is 9.47 Å². The summed E-state index contributed by atoms with van der Waals surface area (Å²) in [4.78, 5) is 15.0. The number of hydrogen-bond acceptors (Lipinski definition) is 5. The Morgan fingerprint density at radius 2 is 1.79 bits per heavy atom. The molecule has 1 amide bonds. The summed E-state index contributed by atoms with van der Waals surface area (Å²) < 4.78 is 18.8. The van der Waals surface area contributed by atoms with Gasteiger partial charge < -0.3 is 18.8 Å². The highest BCUT2D eigenvalue weighted by Crippen LogP contribution is 2.36. The van der Waals surface area contributed by atoms with E-state index < -0.39 is 0 Å². The number of methoxy groups -OCH3 is 1. The van der Waals surface area contributed by atoms with Crippen molar-refractivity contribution in [3.05, 3.63) is 90.0 Å². The minimum Gasteiger partial charge on any atom is -0.497 e. The van der Waals surface area contributed by atoms with Crippen molar-refractivity contribution in [2.45, 2.75) is 32.4 Å². The third kappa shape index (κ3) is 4.35. The first-order valence-corrected chi connectivity index (χ1v) is 10.9. The number of hydrogen-bond donors (Lipinski definition) is 0. The van der Waals surface area contributed by atoms with Gasteiger partial charge in [0, 0.05) is 6.04 Å². The zero-order chi connectivity index (χ0) is 22.8. The number of para-hydroxylation sites is 1. The van der Waals surface area contributed by atoms with Gasteiger partial charge in [-0.2, -0.15) is 5.10 Å². The van der Waals surface area contributed by atoms with Gasteiger partial charge in [-0.3, -0.25) is 4.79 Å². The number of amides is 1. The van der Waals surface area contributed by atoms with E-state index in [1.54, 1.807) is 23.9 Å². The maximum absolute atomic E-state index is 13.2. The van der Waals surface area contributed by atoms with Crippen LogP contribution in [-0.2, 0) is 6.54 Å². The summed E-state index contributed by atoms with van der Waals surface area (Å²) in [6.45, 7) is 2.33. The van der Waals surface area contributed by atoms with Crippen LogP contribution in [-0.4, -0.2) is 33.7 Å². The molecule has 168 valence electrons. The maximum Gasteiger partial charge on any atom is 0.290 e. The summed E-state index contributed by atoms with van der Waals surface area (Å²) in [5.41, 5.74) is 2.55. The van der Waals surface area contributed by atoms with Crippen LogP contribution in [0.4, 0.5) is 0 Å². The molecule has 0 aliphatic heterocycles. The molecular weight excluding hydrogens is 418 g/mol. The average molecular weight is 444 g/mol. The molecule has 5 rings (SSSR count). The van der Waals surface area contributed by atoms with Crippen LogP contribution in [0.2, 0.25) is 0 Å². The maximum atomic E-state index is 13.2. The smallest absolute Gasteiger partial charge is 0.290 e. The molecule has 0 atom stereocenters. The second-order valence-corrected chi connectivity index (χ2v) is 8.04. The van der Waals surface area contributed by atoms with Crippen LogP contribution in [0.15, 0.2) is 77.4 Å². The van der Waals surface area contributed by atoms with Crippen LogP contribution in [0.3, 0.4) is 0 Å². The normalized spacial score (nSPS) is 13.0. The Morgan fingerprint density at radius 1 is 1.06 bits per heavy atom. The van der Waals surface area contributed by atoms with Gasteiger partial charge in [-0.05, 0) is 68.3 Å². The fourth-order valence-electron chi connectivity index (χ4n) is 3.79. The van der Waals surface area contributed by atoms with E-state index in [9.17, 15) is 4.79 Å².